The summed E-state index contributed by atoms with van der Waals surface area (Å²) in [4.78, 5) is 11.3. The number of carboxylic acid groups (broad SMARTS) is 1. The van der Waals surface area contributed by atoms with Crippen LogP contribution < -0.4 is 9.46 Å². The molecule has 1 aromatic heterocycles. The van der Waals surface area contributed by atoms with Gasteiger partial charge in [-0.05, 0) is 78.6 Å². The van der Waals surface area contributed by atoms with E-state index in [9.17, 15) is 18.3 Å². The monoisotopic (exact) mass is 706 g/mol. The maximum atomic E-state index is 13.4. The van der Waals surface area contributed by atoms with E-state index in [0.29, 0.717) is 30.2 Å². The average molecular weight is 707 g/mol. The molecule has 0 spiro atoms. The second-order valence-electron chi connectivity index (χ2n) is 12.5. The average Bonchev–Trinajstić information content (AvgIpc) is 3.37. The Morgan fingerprint density at radius 3 is 2.04 bits per heavy atom. The second kappa shape index (κ2) is 15.3. The summed E-state index contributed by atoms with van der Waals surface area (Å²) in [7, 11) is -3.63. The molecule has 6 rings (SSSR count). The van der Waals surface area contributed by atoms with Crippen LogP contribution in [-0.2, 0) is 28.6 Å². The van der Waals surface area contributed by atoms with Crippen molar-refractivity contribution in [3.8, 4) is 5.75 Å². The Kier molecular flexibility index (Phi) is 10.7. The molecule has 0 aliphatic heterocycles. The van der Waals surface area contributed by atoms with E-state index in [1.165, 1.54) is 12.1 Å². The molecule has 5 aromatic carbocycles. The van der Waals surface area contributed by atoms with Gasteiger partial charge in [0, 0.05) is 41.0 Å². The van der Waals surface area contributed by atoms with Crippen LogP contribution in [0, 0.1) is 13.8 Å². The van der Waals surface area contributed by atoms with Crippen molar-refractivity contribution >= 4 is 38.5 Å². The number of nitrogens with zero attached hydrogens (tertiary/aromatic N) is 1. The molecule has 0 aliphatic carbocycles. The Labute approximate surface area is 298 Å². The highest BCUT2D eigenvalue weighted by Gasteiger charge is 2.26. The maximum Gasteiger partial charge on any atom is 0.335 e. The number of fused-ring (bicyclic) bond motifs is 1. The van der Waals surface area contributed by atoms with Gasteiger partial charge >= 0.3 is 5.97 Å². The second-order valence-corrected chi connectivity index (χ2v) is 14.8. The van der Waals surface area contributed by atoms with Gasteiger partial charge in [0.1, 0.15) is 5.75 Å². The lowest BCUT2D eigenvalue weighted by molar-refractivity contribution is 0.0697. The SMILES string of the molecule is Cc1cc(C)cc(CS(=O)(=O)NCCc2c(CCOc3ccc(C(=O)O)cc3)c3cc(Cl)ccc3n2C(c2ccccc2)c2ccccc2)c1. The Balaban J connectivity index is 1.40. The van der Waals surface area contributed by atoms with Crippen molar-refractivity contribution in [3.63, 3.8) is 0 Å². The zero-order valence-corrected chi connectivity index (χ0v) is 29.5. The van der Waals surface area contributed by atoms with Crippen LogP contribution >= 0.6 is 11.6 Å². The van der Waals surface area contributed by atoms with Crippen LogP contribution in [0.5, 0.6) is 5.75 Å². The van der Waals surface area contributed by atoms with Crippen molar-refractivity contribution in [2.45, 2.75) is 38.5 Å². The molecule has 0 saturated carbocycles. The molecular formula is C41H39ClN2O5S. The summed E-state index contributed by atoms with van der Waals surface area (Å²) < 4.78 is 38.1. The molecule has 6 aromatic rings. The van der Waals surface area contributed by atoms with Crippen molar-refractivity contribution in [3.05, 3.63) is 171 Å². The number of sulfonamides is 1. The van der Waals surface area contributed by atoms with E-state index in [1.807, 2.05) is 86.6 Å². The highest BCUT2D eigenvalue weighted by atomic mass is 35.5. The molecule has 0 radical (unpaired) electrons. The molecular weight excluding hydrogens is 668 g/mol. The van der Waals surface area contributed by atoms with Gasteiger partial charge in [0.15, 0.2) is 0 Å². The zero-order valence-electron chi connectivity index (χ0n) is 28.0. The van der Waals surface area contributed by atoms with Crippen LogP contribution in [0.3, 0.4) is 0 Å². The third-order valence-corrected chi connectivity index (χ3v) is 10.3. The topological polar surface area (TPSA) is 97.6 Å². The van der Waals surface area contributed by atoms with E-state index in [2.05, 4.69) is 33.6 Å². The largest absolute Gasteiger partial charge is 0.493 e. The Morgan fingerprint density at radius 2 is 1.44 bits per heavy atom. The van der Waals surface area contributed by atoms with Gasteiger partial charge < -0.3 is 14.4 Å². The first kappa shape index (κ1) is 35.0. The minimum absolute atomic E-state index is 0.105. The minimum atomic E-state index is -3.63. The molecule has 1 heterocycles. The molecule has 0 unspecified atom stereocenters. The fourth-order valence-electron chi connectivity index (χ4n) is 6.73. The predicted molar refractivity (Wildman–Crippen MR) is 200 cm³/mol. The zero-order chi connectivity index (χ0) is 35.3. The van der Waals surface area contributed by atoms with Crippen LogP contribution in [0.1, 0.15) is 55.5 Å². The standard InChI is InChI=1S/C41H39ClN2O5S/c1-28-23-29(2)25-30(24-28)27-50(47,48)43-21-19-39-36(20-22-49-35-16-13-33(14-17-35)41(45)46)37-26-34(42)15-18-38(37)44(39)40(31-9-5-3-6-10-31)32-11-7-4-8-12-32/h3-18,23-26,40,43H,19-22,27H2,1-2H3,(H,45,46). The van der Waals surface area contributed by atoms with Gasteiger partial charge in [-0.3, -0.25) is 0 Å². The van der Waals surface area contributed by atoms with Crippen molar-refractivity contribution in [2.24, 2.45) is 0 Å². The van der Waals surface area contributed by atoms with E-state index < -0.39 is 16.0 Å². The summed E-state index contributed by atoms with van der Waals surface area (Å²) in [5.74, 6) is -0.544. The smallest absolute Gasteiger partial charge is 0.335 e. The number of carboxylic acids is 1. The number of hydrogen-bond acceptors (Lipinski definition) is 4. The fraction of sp³-hybridized carbons (Fsp3) is 0.195. The van der Waals surface area contributed by atoms with Gasteiger partial charge in [0.25, 0.3) is 0 Å². The molecule has 256 valence electrons. The number of aryl methyl sites for hydroxylation is 2. The first-order valence-corrected chi connectivity index (χ1v) is 18.5. The minimum Gasteiger partial charge on any atom is -0.493 e. The van der Waals surface area contributed by atoms with Gasteiger partial charge in [-0.15, -0.1) is 0 Å². The van der Waals surface area contributed by atoms with Crippen molar-refractivity contribution in [1.82, 2.24) is 9.29 Å². The van der Waals surface area contributed by atoms with Crippen LogP contribution in [-0.4, -0.2) is 37.2 Å². The lowest BCUT2D eigenvalue weighted by atomic mass is 9.97. The van der Waals surface area contributed by atoms with Gasteiger partial charge in [-0.1, -0.05) is 102 Å². The summed E-state index contributed by atoms with van der Waals surface area (Å²) in [6, 6.07) is 38.4. The van der Waals surface area contributed by atoms with E-state index in [-0.39, 0.29) is 23.9 Å². The molecule has 0 atom stereocenters. The number of hydrogen-bond donors (Lipinski definition) is 2. The number of halogens is 1. The molecule has 0 bridgehead atoms. The fourth-order valence-corrected chi connectivity index (χ4v) is 8.02. The van der Waals surface area contributed by atoms with E-state index >= 15 is 0 Å². The summed E-state index contributed by atoms with van der Waals surface area (Å²) in [5.41, 5.74) is 8.11. The van der Waals surface area contributed by atoms with Crippen LogP contribution in [0.2, 0.25) is 5.02 Å². The number of aromatic nitrogens is 1. The van der Waals surface area contributed by atoms with E-state index in [0.717, 1.165) is 50.0 Å². The van der Waals surface area contributed by atoms with Gasteiger partial charge in [-0.2, -0.15) is 0 Å². The van der Waals surface area contributed by atoms with Gasteiger partial charge in [0.05, 0.1) is 24.0 Å². The third-order valence-electron chi connectivity index (χ3n) is 8.72. The summed E-state index contributed by atoms with van der Waals surface area (Å²) >= 11 is 6.62. The number of ether oxygens (including phenoxy) is 1. The van der Waals surface area contributed by atoms with Crippen molar-refractivity contribution in [1.29, 1.82) is 0 Å². The summed E-state index contributed by atoms with van der Waals surface area (Å²) in [5, 5.41) is 10.8. The number of benzene rings is 5. The van der Waals surface area contributed by atoms with E-state index in [1.54, 1.807) is 12.1 Å². The molecule has 0 saturated heterocycles. The Morgan fingerprint density at radius 1 is 0.820 bits per heavy atom. The number of aromatic carboxylic acids is 1. The number of rotatable bonds is 14. The molecule has 0 fully saturated rings. The van der Waals surface area contributed by atoms with Gasteiger partial charge in [-0.25, -0.2) is 17.9 Å². The predicted octanol–water partition coefficient (Wildman–Crippen LogP) is 8.53. The number of nitrogens with one attached hydrogen (secondary N) is 1. The third kappa shape index (κ3) is 8.28. The van der Waals surface area contributed by atoms with E-state index in [4.69, 9.17) is 16.3 Å². The molecule has 0 amide bonds. The lowest BCUT2D eigenvalue weighted by Crippen LogP contribution is -2.28. The molecule has 2 N–H and O–H groups in total. The van der Waals surface area contributed by atoms with Crippen LogP contribution in [0.15, 0.2) is 121 Å². The Bertz CT molecular complexity index is 2160. The normalized spacial score (nSPS) is 11.7. The summed E-state index contributed by atoms with van der Waals surface area (Å²) in [6.45, 7) is 4.44. The molecule has 0 aliphatic rings. The highest BCUT2D eigenvalue weighted by molar-refractivity contribution is 7.88. The van der Waals surface area contributed by atoms with Crippen LogP contribution in [0.25, 0.3) is 10.9 Å². The molecule has 50 heavy (non-hydrogen) atoms. The molecule has 7 nitrogen and oxygen atoms in total. The lowest BCUT2D eigenvalue weighted by Gasteiger charge is -2.25. The first-order valence-electron chi connectivity index (χ1n) is 16.5. The quantitative estimate of drug-likeness (QED) is 0.118. The van der Waals surface area contributed by atoms with Crippen molar-refractivity contribution < 1.29 is 23.1 Å². The number of carbonyl (C=O) groups is 1. The van der Waals surface area contributed by atoms with Gasteiger partial charge in [0.2, 0.25) is 10.0 Å². The molecule has 9 heteroatoms. The maximum absolute atomic E-state index is 13.4. The van der Waals surface area contributed by atoms with Crippen molar-refractivity contribution in [2.75, 3.05) is 13.2 Å². The van der Waals surface area contributed by atoms with Crippen LogP contribution in [0.4, 0.5) is 0 Å². The highest BCUT2D eigenvalue weighted by Crippen LogP contribution is 2.38. The first-order chi connectivity index (χ1) is 24.1. The Hall–Kier alpha value is -4.89. The summed E-state index contributed by atoms with van der Waals surface area (Å²) in [6.07, 6.45) is 0.919.